The molecule has 1 rings (SSSR count). The molecule has 0 spiro atoms. The molecule has 0 aliphatic rings. The average molecular weight is 299 g/mol. The Kier molecular flexibility index (Phi) is 9.39. The predicted molar refractivity (Wildman–Crippen MR) is 57.8 cm³/mol. The molecule has 0 atom stereocenters. The summed E-state index contributed by atoms with van der Waals surface area (Å²) in [6.45, 7) is 6.39. The molecular formula is C8H4Cl2FeN4O. The van der Waals surface area contributed by atoms with Crippen LogP contribution in [0.4, 0.5) is 0 Å². The maximum absolute atomic E-state index is 8.12. The second kappa shape index (κ2) is 10.2. The third-order valence-electron chi connectivity index (χ3n) is 1.14. The van der Waals surface area contributed by atoms with Gasteiger partial charge < -0.3 is 4.42 Å². The fraction of sp³-hybridized carbons (Fsp3) is 0. The molecule has 0 aliphatic carbocycles. The Hall–Kier alpha value is -1.30. The summed E-state index contributed by atoms with van der Waals surface area (Å²) < 4.78 is 5.09. The zero-order valence-corrected chi connectivity index (χ0v) is 10.2. The SMILES string of the molecule is [C-]#[N+]/N=C/c1ccc(C=NC#N)o1.[Cl][Fe][Cl]. The molecule has 5 nitrogen and oxygen atoms in total. The van der Waals surface area contributed by atoms with E-state index in [1.807, 2.05) is 0 Å². The Morgan fingerprint density at radius 3 is 2.50 bits per heavy atom. The van der Waals surface area contributed by atoms with Crippen LogP contribution in [-0.4, -0.2) is 12.4 Å². The van der Waals surface area contributed by atoms with E-state index in [1.165, 1.54) is 12.4 Å². The fourth-order valence-electron chi connectivity index (χ4n) is 0.685. The van der Waals surface area contributed by atoms with Gasteiger partial charge in [0.05, 0.1) is 11.3 Å². The van der Waals surface area contributed by atoms with Crippen LogP contribution >= 0.6 is 20.2 Å². The Balaban J connectivity index is 0.000000673. The van der Waals surface area contributed by atoms with Crippen molar-refractivity contribution in [3.8, 4) is 6.19 Å². The van der Waals surface area contributed by atoms with E-state index in [9.17, 15) is 0 Å². The van der Waals surface area contributed by atoms with E-state index in [0.29, 0.717) is 11.5 Å². The van der Waals surface area contributed by atoms with Gasteiger partial charge in [0.1, 0.15) is 5.76 Å². The van der Waals surface area contributed by atoms with Gasteiger partial charge >= 0.3 is 33.3 Å². The van der Waals surface area contributed by atoms with Crippen molar-refractivity contribution in [3.63, 3.8) is 0 Å². The van der Waals surface area contributed by atoms with E-state index in [4.69, 9.17) is 36.4 Å². The van der Waals surface area contributed by atoms with Gasteiger partial charge in [-0.25, -0.2) is 0 Å². The Morgan fingerprint density at radius 1 is 1.44 bits per heavy atom. The summed E-state index contributed by atoms with van der Waals surface area (Å²) in [6, 6.07) is 3.26. The molecule has 1 aromatic rings. The first-order valence-electron chi connectivity index (χ1n) is 3.55. The summed E-state index contributed by atoms with van der Waals surface area (Å²) in [5.74, 6) is 0.906. The van der Waals surface area contributed by atoms with Crippen molar-refractivity contribution >= 4 is 32.6 Å². The van der Waals surface area contributed by atoms with Gasteiger partial charge in [-0.15, -0.1) is 4.95 Å². The topological polar surface area (TPSA) is 66.0 Å². The van der Waals surface area contributed by atoms with E-state index >= 15 is 0 Å². The van der Waals surface area contributed by atoms with Gasteiger partial charge in [-0.1, -0.05) is 0 Å². The number of halogens is 2. The third-order valence-corrected chi connectivity index (χ3v) is 1.14. The van der Waals surface area contributed by atoms with Crippen molar-refractivity contribution in [3.05, 3.63) is 35.2 Å². The van der Waals surface area contributed by atoms with Crippen molar-refractivity contribution < 1.29 is 17.6 Å². The van der Waals surface area contributed by atoms with Gasteiger partial charge in [-0.2, -0.15) is 16.8 Å². The Labute approximate surface area is 107 Å². The second-order valence-electron chi connectivity index (χ2n) is 1.99. The van der Waals surface area contributed by atoms with Crippen molar-refractivity contribution in [2.45, 2.75) is 0 Å². The van der Waals surface area contributed by atoms with E-state index in [0.717, 1.165) is 0 Å². The Bertz CT molecular complexity index is 405. The molecule has 8 heteroatoms. The fourth-order valence-corrected chi connectivity index (χ4v) is 0.685. The molecule has 0 aliphatic heterocycles. The predicted octanol–water partition coefficient (Wildman–Crippen LogP) is 2.81. The molecule has 0 amide bonds. The van der Waals surface area contributed by atoms with Gasteiger partial charge in [0.15, 0.2) is 12.0 Å². The molecule has 0 bridgehead atoms. The minimum atomic E-state index is 0.194. The standard InChI is InChI=1S/C8H4N4O.2ClH.Fe/c1-10-12-5-8-3-2-7(13-8)4-11-6-9;;;/h2-5H;2*1H;/q;;;+2/p-2/b11-4?,12-5+;;;. The zero-order valence-electron chi connectivity index (χ0n) is 7.62. The van der Waals surface area contributed by atoms with Crippen molar-refractivity contribution in [1.29, 1.82) is 5.26 Å². The number of hydrogen-bond acceptors (Lipinski definition) is 4. The summed E-state index contributed by atoms with van der Waals surface area (Å²) in [4.78, 5) is 6.09. The van der Waals surface area contributed by atoms with Crippen LogP contribution < -0.4 is 0 Å². The summed E-state index contributed by atoms with van der Waals surface area (Å²) in [5, 5.41) is 11.4. The summed E-state index contributed by atoms with van der Waals surface area (Å²) >= 11 is 0.194. The Morgan fingerprint density at radius 2 is 2.00 bits per heavy atom. The molecule has 0 saturated carbocycles. The first-order chi connectivity index (χ1) is 7.78. The van der Waals surface area contributed by atoms with Crippen LogP contribution in [0.1, 0.15) is 11.5 Å². The number of nitrogens with zero attached hydrogens (tertiary/aromatic N) is 4. The van der Waals surface area contributed by atoms with E-state index in [2.05, 4.69) is 15.0 Å². The molecule has 0 N–H and O–H groups in total. The third kappa shape index (κ3) is 7.05. The van der Waals surface area contributed by atoms with Gasteiger partial charge in [0.2, 0.25) is 6.19 Å². The summed E-state index contributed by atoms with van der Waals surface area (Å²) in [7, 11) is 9.53. The molecule has 84 valence electrons. The van der Waals surface area contributed by atoms with Crippen LogP contribution in [0.2, 0.25) is 0 Å². The maximum atomic E-state index is 8.12. The quantitative estimate of drug-likeness (QED) is 0.277. The van der Waals surface area contributed by atoms with Crippen LogP contribution in [0.5, 0.6) is 0 Å². The normalized spacial score (nSPS) is 9.75. The molecule has 0 radical (unpaired) electrons. The molecule has 0 fully saturated rings. The molecule has 1 aromatic heterocycles. The summed E-state index contributed by atoms with van der Waals surface area (Å²) in [6.07, 6.45) is 4.17. The van der Waals surface area contributed by atoms with Crippen LogP contribution in [0.3, 0.4) is 0 Å². The van der Waals surface area contributed by atoms with Crippen LogP contribution in [0.15, 0.2) is 26.6 Å². The van der Waals surface area contributed by atoms with E-state index in [-0.39, 0.29) is 13.1 Å². The average Bonchev–Trinajstić information content (AvgIpc) is 2.72. The monoisotopic (exact) mass is 298 g/mol. The summed E-state index contributed by atoms with van der Waals surface area (Å²) in [5.41, 5.74) is 0. The zero-order chi connectivity index (χ0) is 12.2. The molecule has 16 heavy (non-hydrogen) atoms. The number of aliphatic imine (C=N–C) groups is 1. The van der Waals surface area contributed by atoms with Gasteiger partial charge in [-0.05, 0) is 12.1 Å². The van der Waals surface area contributed by atoms with Gasteiger partial charge in [0, 0.05) is 0 Å². The van der Waals surface area contributed by atoms with E-state index < -0.39 is 0 Å². The first kappa shape index (κ1) is 14.7. The van der Waals surface area contributed by atoms with Gasteiger partial charge in [0.25, 0.3) is 0 Å². The minimum absolute atomic E-state index is 0.194. The first-order valence-corrected chi connectivity index (χ1v) is 6.59. The van der Waals surface area contributed by atoms with Crippen LogP contribution in [-0.2, 0) is 13.1 Å². The van der Waals surface area contributed by atoms with Crippen LogP contribution in [0.25, 0.3) is 4.95 Å². The number of furan rings is 1. The van der Waals surface area contributed by atoms with Crippen molar-refractivity contribution in [2.24, 2.45) is 10.1 Å². The second-order valence-corrected chi connectivity index (χ2v) is 3.82. The molecular weight excluding hydrogens is 295 g/mol. The number of rotatable bonds is 2. The van der Waals surface area contributed by atoms with Gasteiger partial charge in [-0.3, -0.25) is 0 Å². The molecule has 0 aromatic carbocycles. The molecule has 0 unspecified atom stereocenters. The van der Waals surface area contributed by atoms with Crippen LogP contribution in [0, 0.1) is 18.0 Å². The molecule has 1 heterocycles. The van der Waals surface area contributed by atoms with Crippen molar-refractivity contribution in [1.82, 2.24) is 0 Å². The number of hydrogen-bond donors (Lipinski definition) is 0. The molecule has 0 saturated heterocycles. The van der Waals surface area contributed by atoms with E-state index in [1.54, 1.807) is 18.3 Å². The van der Waals surface area contributed by atoms with Crippen molar-refractivity contribution in [2.75, 3.05) is 0 Å². The number of nitriles is 1.